The quantitative estimate of drug-likeness (QED) is 0.673. The van der Waals surface area contributed by atoms with E-state index in [1.54, 1.807) is 12.1 Å². The lowest BCUT2D eigenvalue weighted by molar-refractivity contribution is -0.122. The van der Waals surface area contributed by atoms with E-state index in [0.29, 0.717) is 28.8 Å². The van der Waals surface area contributed by atoms with E-state index in [1.807, 2.05) is 6.07 Å². The number of benzene rings is 2. The topological polar surface area (TPSA) is 84.5 Å². The van der Waals surface area contributed by atoms with E-state index in [1.165, 1.54) is 38.3 Å². The molecule has 0 radical (unpaired) electrons. The molecule has 2 aromatic rings. The van der Waals surface area contributed by atoms with Crippen LogP contribution in [0, 0.1) is 0 Å². The molecule has 0 aliphatic heterocycles. The van der Waals surface area contributed by atoms with Crippen molar-refractivity contribution in [3.05, 3.63) is 58.1 Å². The number of rotatable bonds is 8. The van der Waals surface area contributed by atoms with Crippen LogP contribution in [-0.4, -0.2) is 34.0 Å². The molecule has 0 heterocycles. The first kappa shape index (κ1) is 21.5. The first-order valence-electron chi connectivity index (χ1n) is 8.11. The lowest BCUT2D eigenvalue weighted by atomic mass is 10.1. The predicted molar refractivity (Wildman–Crippen MR) is 106 cm³/mol. The van der Waals surface area contributed by atoms with Gasteiger partial charge in [0.15, 0.2) is 0 Å². The van der Waals surface area contributed by atoms with Gasteiger partial charge >= 0.3 is 0 Å². The van der Waals surface area contributed by atoms with Gasteiger partial charge in [-0.2, -0.15) is 4.72 Å². The molecule has 0 aliphatic carbocycles. The number of carbonyl (C=O) groups excluding carboxylic acids is 1. The molecule has 0 fully saturated rings. The molecule has 146 valence electrons. The van der Waals surface area contributed by atoms with Crippen LogP contribution in [0.25, 0.3) is 0 Å². The number of halogens is 2. The maximum Gasteiger partial charge on any atom is 0.241 e. The zero-order valence-electron chi connectivity index (χ0n) is 14.8. The third kappa shape index (κ3) is 5.84. The van der Waals surface area contributed by atoms with E-state index < -0.39 is 22.0 Å². The maximum absolute atomic E-state index is 12.4. The van der Waals surface area contributed by atoms with Crippen LogP contribution in [0.1, 0.15) is 12.5 Å². The minimum atomic E-state index is -3.82. The van der Waals surface area contributed by atoms with Crippen LogP contribution in [0.2, 0.25) is 10.0 Å². The Morgan fingerprint density at radius 1 is 1.15 bits per heavy atom. The monoisotopic (exact) mass is 430 g/mol. The number of hydrogen-bond donors (Lipinski definition) is 2. The second-order valence-electron chi connectivity index (χ2n) is 5.77. The molecule has 0 aliphatic rings. The van der Waals surface area contributed by atoms with Gasteiger partial charge in [0.1, 0.15) is 5.75 Å². The molecule has 9 heteroatoms. The highest BCUT2D eigenvalue weighted by Crippen LogP contribution is 2.25. The van der Waals surface area contributed by atoms with E-state index in [4.69, 9.17) is 27.9 Å². The molecule has 0 aromatic heterocycles. The highest BCUT2D eigenvalue weighted by atomic mass is 35.5. The summed E-state index contributed by atoms with van der Waals surface area (Å²) in [6.07, 6.45) is 0.475. The minimum Gasteiger partial charge on any atom is -0.497 e. The lowest BCUT2D eigenvalue weighted by Crippen LogP contribution is -2.45. The summed E-state index contributed by atoms with van der Waals surface area (Å²) < 4.78 is 32.1. The molecule has 0 unspecified atom stereocenters. The molecule has 2 rings (SSSR count). The molecule has 6 nitrogen and oxygen atoms in total. The van der Waals surface area contributed by atoms with Crippen molar-refractivity contribution in [2.75, 3.05) is 13.7 Å². The van der Waals surface area contributed by atoms with Crippen LogP contribution in [-0.2, 0) is 21.2 Å². The molecule has 2 N–H and O–H groups in total. The van der Waals surface area contributed by atoms with Crippen molar-refractivity contribution in [2.24, 2.45) is 0 Å². The summed E-state index contributed by atoms with van der Waals surface area (Å²) in [7, 11) is -2.33. The molecule has 0 saturated heterocycles. The second-order valence-corrected chi connectivity index (χ2v) is 8.27. The van der Waals surface area contributed by atoms with Crippen molar-refractivity contribution in [3.63, 3.8) is 0 Å². The van der Waals surface area contributed by atoms with Gasteiger partial charge < -0.3 is 10.1 Å². The molecule has 0 bridgehead atoms. The molecule has 1 atom stereocenters. The summed E-state index contributed by atoms with van der Waals surface area (Å²) >= 11 is 12.1. The summed E-state index contributed by atoms with van der Waals surface area (Å²) in [5.74, 6) is 0.102. The Kier molecular flexibility index (Phi) is 7.49. The van der Waals surface area contributed by atoms with Crippen LogP contribution >= 0.6 is 23.2 Å². The number of ether oxygens (including phenoxy) is 1. The molecular weight excluding hydrogens is 411 g/mol. The van der Waals surface area contributed by atoms with Gasteiger partial charge in [-0.3, -0.25) is 4.79 Å². The highest BCUT2D eigenvalue weighted by molar-refractivity contribution is 7.89. The van der Waals surface area contributed by atoms with Crippen LogP contribution in [0.4, 0.5) is 0 Å². The van der Waals surface area contributed by atoms with E-state index in [9.17, 15) is 13.2 Å². The Morgan fingerprint density at radius 2 is 1.81 bits per heavy atom. The molecule has 2 aromatic carbocycles. The van der Waals surface area contributed by atoms with Gasteiger partial charge in [-0.15, -0.1) is 0 Å². The number of carbonyl (C=O) groups is 1. The van der Waals surface area contributed by atoms with Crippen LogP contribution < -0.4 is 14.8 Å². The molecule has 0 spiro atoms. The van der Waals surface area contributed by atoms with Gasteiger partial charge in [-0.05, 0) is 49.2 Å². The van der Waals surface area contributed by atoms with Gasteiger partial charge in [0.2, 0.25) is 15.9 Å². The number of methoxy groups -OCH3 is 1. The average molecular weight is 431 g/mol. The van der Waals surface area contributed by atoms with E-state index in [2.05, 4.69) is 10.0 Å². The first-order chi connectivity index (χ1) is 12.7. The van der Waals surface area contributed by atoms with Gasteiger partial charge in [-0.1, -0.05) is 35.3 Å². The SMILES string of the molecule is COc1ccc(S(=O)(=O)N[C@@H](C)C(=O)NCCc2cccc(Cl)c2Cl)cc1. The smallest absolute Gasteiger partial charge is 0.241 e. The van der Waals surface area contributed by atoms with Gasteiger partial charge in [0.05, 0.1) is 28.1 Å². The predicted octanol–water partition coefficient (Wildman–Crippen LogP) is 3.03. The van der Waals surface area contributed by atoms with Crippen molar-refractivity contribution in [3.8, 4) is 5.75 Å². The minimum absolute atomic E-state index is 0.0497. The van der Waals surface area contributed by atoms with Gasteiger partial charge in [-0.25, -0.2) is 8.42 Å². The fourth-order valence-corrected chi connectivity index (χ4v) is 3.94. The van der Waals surface area contributed by atoms with Crippen molar-refractivity contribution in [2.45, 2.75) is 24.3 Å². The van der Waals surface area contributed by atoms with Crippen molar-refractivity contribution in [1.29, 1.82) is 0 Å². The van der Waals surface area contributed by atoms with Gasteiger partial charge in [0, 0.05) is 6.54 Å². The molecular formula is C18H20Cl2N2O4S. The average Bonchev–Trinajstić information content (AvgIpc) is 2.64. The Bertz CT molecular complexity index is 902. The Labute approximate surface area is 168 Å². The van der Waals surface area contributed by atoms with Crippen LogP contribution in [0.15, 0.2) is 47.4 Å². The Hall–Kier alpha value is -1.80. The number of hydrogen-bond acceptors (Lipinski definition) is 4. The highest BCUT2D eigenvalue weighted by Gasteiger charge is 2.22. The zero-order valence-corrected chi connectivity index (χ0v) is 17.2. The number of sulfonamides is 1. The van der Waals surface area contributed by atoms with Crippen molar-refractivity contribution >= 4 is 39.1 Å². The Morgan fingerprint density at radius 3 is 2.44 bits per heavy atom. The number of amides is 1. The van der Waals surface area contributed by atoms with Gasteiger partial charge in [0.25, 0.3) is 0 Å². The van der Waals surface area contributed by atoms with Crippen LogP contribution in [0.5, 0.6) is 5.75 Å². The van der Waals surface area contributed by atoms with E-state index in [-0.39, 0.29) is 4.90 Å². The summed E-state index contributed by atoms with van der Waals surface area (Å²) in [4.78, 5) is 12.2. The first-order valence-corrected chi connectivity index (χ1v) is 10.4. The summed E-state index contributed by atoms with van der Waals surface area (Å²) in [6, 6.07) is 10.2. The summed E-state index contributed by atoms with van der Waals surface area (Å²) in [6.45, 7) is 1.77. The third-order valence-electron chi connectivity index (χ3n) is 3.82. The fraction of sp³-hybridized carbons (Fsp3) is 0.278. The van der Waals surface area contributed by atoms with E-state index in [0.717, 1.165) is 5.56 Å². The van der Waals surface area contributed by atoms with E-state index >= 15 is 0 Å². The molecule has 1 amide bonds. The largest absolute Gasteiger partial charge is 0.497 e. The summed E-state index contributed by atoms with van der Waals surface area (Å²) in [5.41, 5.74) is 0.802. The second kappa shape index (κ2) is 9.41. The normalized spacial score (nSPS) is 12.4. The molecule has 27 heavy (non-hydrogen) atoms. The van der Waals surface area contributed by atoms with Crippen LogP contribution in [0.3, 0.4) is 0 Å². The lowest BCUT2D eigenvalue weighted by Gasteiger charge is -2.15. The van der Waals surface area contributed by atoms with Crippen molar-refractivity contribution in [1.82, 2.24) is 10.0 Å². The Balaban J connectivity index is 1.91. The number of nitrogens with one attached hydrogen (secondary N) is 2. The maximum atomic E-state index is 12.4. The third-order valence-corrected chi connectivity index (χ3v) is 6.23. The van der Waals surface area contributed by atoms with Crippen molar-refractivity contribution < 1.29 is 17.9 Å². The summed E-state index contributed by atoms with van der Waals surface area (Å²) in [5, 5.41) is 3.57. The zero-order chi connectivity index (χ0) is 20.0. The fourth-order valence-electron chi connectivity index (χ4n) is 2.32. The molecule has 0 saturated carbocycles. The standard InChI is InChI=1S/C18H20Cl2N2O4S/c1-12(22-27(24,25)15-8-6-14(26-2)7-9-15)18(23)21-11-10-13-4-3-5-16(19)17(13)20/h3-9,12,22H,10-11H2,1-2H3,(H,21,23)/t12-/m0/s1.